The van der Waals surface area contributed by atoms with E-state index in [-0.39, 0.29) is 29.5 Å². The van der Waals surface area contributed by atoms with Crippen LogP contribution in [0.1, 0.15) is 55.0 Å². The highest BCUT2D eigenvalue weighted by molar-refractivity contribution is 7.99. The molecule has 0 aliphatic heterocycles. The fourth-order valence-electron chi connectivity index (χ4n) is 3.59. The molecule has 1 atom stereocenters. The number of halogens is 2. The maximum absolute atomic E-state index is 13.5. The van der Waals surface area contributed by atoms with Gasteiger partial charge in [-0.1, -0.05) is 55.4 Å². The summed E-state index contributed by atoms with van der Waals surface area (Å²) in [4.78, 5) is 25.4. The Labute approximate surface area is 213 Å². The molecule has 1 heterocycles. The fraction of sp³-hybridized carbons (Fsp3) is 0.360. The molecule has 1 aromatic heterocycles. The van der Waals surface area contributed by atoms with Crippen LogP contribution in [0, 0.1) is 18.7 Å². The number of hydrogen-bond acceptors (Lipinski definition) is 5. The minimum atomic E-state index is -0.413. The number of hydrogen-bond donors (Lipinski definition) is 2. The van der Waals surface area contributed by atoms with Gasteiger partial charge < -0.3 is 15.2 Å². The predicted molar refractivity (Wildman–Crippen MR) is 137 cm³/mol. The summed E-state index contributed by atoms with van der Waals surface area (Å²) < 4.78 is 15.4. The molecule has 10 heteroatoms. The lowest BCUT2D eigenvalue weighted by molar-refractivity contribution is -0.113. The molecule has 2 aromatic carbocycles. The van der Waals surface area contributed by atoms with Crippen LogP contribution >= 0.6 is 23.4 Å². The van der Waals surface area contributed by atoms with Gasteiger partial charge in [0, 0.05) is 12.2 Å². The van der Waals surface area contributed by atoms with Gasteiger partial charge in [0.05, 0.1) is 22.4 Å². The molecule has 0 saturated carbocycles. The number of rotatable bonds is 10. The average Bonchev–Trinajstić information content (AvgIpc) is 3.22. The zero-order valence-corrected chi connectivity index (χ0v) is 21.7. The molecule has 7 nitrogen and oxygen atoms in total. The van der Waals surface area contributed by atoms with Gasteiger partial charge in [0.25, 0.3) is 5.91 Å². The van der Waals surface area contributed by atoms with Gasteiger partial charge in [-0.05, 0) is 56.0 Å². The number of carbonyl (C=O) groups is 2. The summed E-state index contributed by atoms with van der Waals surface area (Å²) in [6, 6.07) is 10.8. The van der Waals surface area contributed by atoms with Crippen molar-refractivity contribution in [2.45, 2.75) is 51.9 Å². The lowest BCUT2D eigenvalue weighted by Crippen LogP contribution is -2.31. The van der Waals surface area contributed by atoms with Crippen LogP contribution in [0.2, 0.25) is 5.02 Å². The third-order valence-corrected chi connectivity index (χ3v) is 6.61. The van der Waals surface area contributed by atoms with Crippen molar-refractivity contribution in [3.8, 4) is 0 Å². The minimum Gasteiger partial charge on any atom is -0.342 e. The zero-order valence-electron chi connectivity index (χ0n) is 20.1. The summed E-state index contributed by atoms with van der Waals surface area (Å²) in [5.74, 6) is 0.00142. The van der Waals surface area contributed by atoms with Crippen LogP contribution in [0.25, 0.3) is 0 Å². The number of aryl methyl sites for hydroxylation is 1. The van der Waals surface area contributed by atoms with E-state index in [0.29, 0.717) is 40.2 Å². The van der Waals surface area contributed by atoms with E-state index in [4.69, 9.17) is 11.6 Å². The van der Waals surface area contributed by atoms with Crippen LogP contribution in [0.4, 0.5) is 10.1 Å². The molecule has 186 valence electrons. The van der Waals surface area contributed by atoms with Crippen LogP contribution in [-0.4, -0.2) is 32.3 Å². The van der Waals surface area contributed by atoms with E-state index in [9.17, 15) is 14.0 Å². The molecule has 0 aliphatic rings. The predicted octanol–water partition coefficient (Wildman–Crippen LogP) is 5.65. The summed E-state index contributed by atoms with van der Waals surface area (Å²) >= 11 is 7.44. The maximum atomic E-state index is 13.5. The molecule has 2 amide bonds. The largest absolute Gasteiger partial charge is 0.342 e. The van der Waals surface area contributed by atoms with Gasteiger partial charge in [-0.15, -0.1) is 10.2 Å². The SMILES string of the molecule is CCn1c(SCC(=O)Nc2cc(F)ccc2C)nnc1[C@@H](CC(C)C)NC(=O)c1ccccc1Cl. The number of thioether (sulfide) groups is 1. The van der Waals surface area contributed by atoms with Gasteiger partial charge in [0.1, 0.15) is 5.82 Å². The summed E-state index contributed by atoms with van der Waals surface area (Å²) in [5, 5.41) is 15.4. The second kappa shape index (κ2) is 12.2. The Bertz CT molecular complexity index is 1200. The van der Waals surface area contributed by atoms with E-state index in [1.54, 1.807) is 37.3 Å². The maximum Gasteiger partial charge on any atom is 0.253 e. The van der Waals surface area contributed by atoms with E-state index in [1.165, 1.54) is 23.9 Å². The lowest BCUT2D eigenvalue weighted by atomic mass is 10.0. The van der Waals surface area contributed by atoms with Gasteiger partial charge in [0.2, 0.25) is 5.91 Å². The second-order valence-corrected chi connectivity index (χ2v) is 9.87. The molecule has 0 aliphatic carbocycles. The second-order valence-electron chi connectivity index (χ2n) is 8.52. The number of aromatic nitrogens is 3. The summed E-state index contributed by atoms with van der Waals surface area (Å²) in [5.41, 5.74) is 1.60. The highest BCUT2D eigenvalue weighted by Gasteiger charge is 2.25. The lowest BCUT2D eigenvalue weighted by Gasteiger charge is -2.21. The summed E-state index contributed by atoms with van der Waals surface area (Å²) in [6.45, 7) is 8.45. The van der Waals surface area contributed by atoms with Crippen molar-refractivity contribution in [2.75, 3.05) is 11.1 Å². The number of benzene rings is 2. The van der Waals surface area contributed by atoms with E-state index in [2.05, 4.69) is 34.7 Å². The fourth-order valence-corrected chi connectivity index (χ4v) is 4.62. The first kappa shape index (κ1) is 26.7. The van der Waals surface area contributed by atoms with Crippen molar-refractivity contribution in [2.24, 2.45) is 5.92 Å². The van der Waals surface area contributed by atoms with E-state index in [0.717, 1.165) is 5.56 Å². The Balaban J connectivity index is 1.75. The minimum absolute atomic E-state index is 0.0783. The quantitative estimate of drug-likeness (QED) is 0.339. The number of carbonyl (C=O) groups excluding carboxylic acids is 2. The van der Waals surface area contributed by atoms with Crippen LogP contribution in [-0.2, 0) is 11.3 Å². The van der Waals surface area contributed by atoms with E-state index < -0.39 is 5.82 Å². The summed E-state index contributed by atoms with van der Waals surface area (Å²) in [6.07, 6.45) is 0.651. The van der Waals surface area contributed by atoms with Gasteiger partial charge >= 0.3 is 0 Å². The van der Waals surface area contributed by atoms with Crippen molar-refractivity contribution < 1.29 is 14.0 Å². The third kappa shape index (κ3) is 7.05. The topological polar surface area (TPSA) is 88.9 Å². The van der Waals surface area contributed by atoms with Gasteiger partial charge in [-0.25, -0.2) is 4.39 Å². The van der Waals surface area contributed by atoms with Crippen molar-refractivity contribution in [3.05, 3.63) is 70.3 Å². The van der Waals surface area contributed by atoms with Gasteiger partial charge in [-0.2, -0.15) is 0 Å². The highest BCUT2D eigenvalue weighted by Crippen LogP contribution is 2.26. The molecule has 3 aromatic rings. The van der Waals surface area contributed by atoms with Crippen LogP contribution in [0.5, 0.6) is 0 Å². The number of amides is 2. The molecule has 0 fully saturated rings. The molecule has 0 spiro atoms. The molecule has 0 saturated heterocycles. The number of nitrogens with zero attached hydrogens (tertiary/aromatic N) is 3. The first-order chi connectivity index (χ1) is 16.7. The van der Waals surface area contributed by atoms with Crippen LogP contribution in [0.3, 0.4) is 0 Å². The van der Waals surface area contributed by atoms with Crippen molar-refractivity contribution in [1.82, 2.24) is 20.1 Å². The molecule has 3 rings (SSSR count). The Morgan fingerprint density at radius 1 is 1.17 bits per heavy atom. The monoisotopic (exact) mass is 517 g/mol. The highest BCUT2D eigenvalue weighted by atomic mass is 35.5. The van der Waals surface area contributed by atoms with Crippen LogP contribution in [0.15, 0.2) is 47.6 Å². The molecule has 0 radical (unpaired) electrons. The van der Waals surface area contributed by atoms with Crippen molar-refractivity contribution in [1.29, 1.82) is 0 Å². The Morgan fingerprint density at radius 3 is 2.60 bits per heavy atom. The summed E-state index contributed by atoms with van der Waals surface area (Å²) in [7, 11) is 0. The molecular weight excluding hydrogens is 489 g/mol. The van der Waals surface area contributed by atoms with Gasteiger partial charge in [-0.3, -0.25) is 9.59 Å². The normalized spacial score (nSPS) is 12.0. The first-order valence-electron chi connectivity index (χ1n) is 11.4. The molecular formula is C25H29ClFN5O2S. The third-order valence-electron chi connectivity index (χ3n) is 5.31. The Kier molecular flexibility index (Phi) is 9.28. The van der Waals surface area contributed by atoms with E-state index in [1.807, 2.05) is 11.5 Å². The first-order valence-corrected chi connectivity index (χ1v) is 12.7. The van der Waals surface area contributed by atoms with E-state index >= 15 is 0 Å². The van der Waals surface area contributed by atoms with Crippen molar-refractivity contribution >= 4 is 40.9 Å². The molecule has 0 unspecified atom stereocenters. The number of nitrogens with one attached hydrogen (secondary N) is 2. The Morgan fingerprint density at radius 2 is 1.91 bits per heavy atom. The van der Waals surface area contributed by atoms with Gasteiger partial charge in [0.15, 0.2) is 11.0 Å². The number of anilines is 1. The van der Waals surface area contributed by atoms with Crippen LogP contribution < -0.4 is 10.6 Å². The molecule has 35 heavy (non-hydrogen) atoms. The van der Waals surface area contributed by atoms with Crippen molar-refractivity contribution in [3.63, 3.8) is 0 Å². The Hall–Kier alpha value is -2.91. The molecule has 2 N–H and O–H groups in total. The zero-order chi connectivity index (χ0) is 25.5. The smallest absolute Gasteiger partial charge is 0.253 e. The molecule has 0 bridgehead atoms. The standard InChI is InChI=1S/C25H29ClFN5O2S/c1-5-32-23(21(12-15(2)3)29-24(34)18-8-6-7-9-19(18)26)30-31-25(32)35-14-22(33)28-20-13-17(27)11-10-16(20)4/h6-11,13,15,21H,5,12,14H2,1-4H3,(H,28,33)(H,29,34)/t21-/m1/s1. The average molecular weight is 518 g/mol.